The van der Waals surface area contributed by atoms with E-state index >= 15 is 0 Å². The Hall–Kier alpha value is -1.10. The molecule has 2 saturated heterocycles. The summed E-state index contributed by atoms with van der Waals surface area (Å²) < 4.78 is 16.9. The van der Waals surface area contributed by atoms with Crippen LogP contribution >= 0.6 is 0 Å². The van der Waals surface area contributed by atoms with Gasteiger partial charge in [0, 0.05) is 19.6 Å². The van der Waals surface area contributed by atoms with Gasteiger partial charge in [0.05, 0.1) is 24.9 Å². The molecule has 3 rings (SSSR count). The van der Waals surface area contributed by atoms with Crippen LogP contribution in [0.5, 0.6) is 5.75 Å². The normalized spacial score (nSPS) is 30.5. The van der Waals surface area contributed by atoms with Gasteiger partial charge in [-0.15, -0.1) is 0 Å². The number of aliphatic hydroxyl groups excluding tert-OH is 1. The van der Waals surface area contributed by atoms with Crippen molar-refractivity contribution in [1.29, 1.82) is 0 Å². The van der Waals surface area contributed by atoms with Crippen LogP contribution in [0.3, 0.4) is 0 Å². The van der Waals surface area contributed by atoms with Gasteiger partial charge in [0.25, 0.3) is 0 Å². The van der Waals surface area contributed by atoms with E-state index in [1.54, 1.807) is 0 Å². The second-order valence-corrected chi connectivity index (χ2v) is 6.03. The predicted molar refractivity (Wildman–Crippen MR) is 79.4 cm³/mol. The Balaban J connectivity index is 1.67. The molecule has 2 fully saturated rings. The number of ether oxygens (including phenoxy) is 3. The van der Waals surface area contributed by atoms with Crippen molar-refractivity contribution in [3.8, 4) is 5.75 Å². The van der Waals surface area contributed by atoms with Gasteiger partial charge in [-0.2, -0.15) is 0 Å². The van der Waals surface area contributed by atoms with Gasteiger partial charge in [-0.1, -0.05) is 12.1 Å². The average Bonchev–Trinajstić information content (AvgIpc) is 2.95. The summed E-state index contributed by atoms with van der Waals surface area (Å²) >= 11 is 0. The van der Waals surface area contributed by atoms with Crippen LogP contribution in [0.25, 0.3) is 0 Å². The van der Waals surface area contributed by atoms with Crippen LogP contribution in [0.4, 0.5) is 0 Å². The Morgan fingerprint density at radius 3 is 2.81 bits per heavy atom. The minimum atomic E-state index is -0.443. The minimum Gasteiger partial charge on any atom is -0.494 e. The number of hydrogen-bond donors (Lipinski definition) is 1. The molecule has 1 aromatic carbocycles. The van der Waals surface area contributed by atoms with Crippen molar-refractivity contribution in [2.75, 3.05) is 26.4 Å². The highest BCUT2D eigenvalue weighted by atomic mass is 16.6. The van der Waals surface area contributed by atoms with Crippen molar-refractivity contribution >= 4 is 0 Å². The van der Waals surface area contributed by atoms with E-state index in [2.05, 4.69) is 0 Å². The molecule has 2 heterocycles. The van der Waals surface area contributed by atoms with E-state index in [1.165, 1.54) is 0 Å². The maximum absolute atomic E-state index is 10.7. The molecule has 21 heavy (non-hydrogen) atoms. The van der Waals surface area contributed by atoms with E-state index in [0.717, 1.165) is 37.2 Å². The maximum atomic E-state index is 10.7. The van der Waals surface area contributed by atoms with Crippen LogP contribution in [0.15, 0.2) is 24.3 Å². The third kappa shape index (κ3) is 3.23. The molecule has 0 saturated carbocycles. The number of hydrogen-bond acceptors (Lipinski definition) is 4. The average molecular weight is 292 g/mol. The molecule has 0 aliphatic carbocycles. The van der Waals surface area contributed by atoms with Crippen LogP contribution < -0.4 is 4.74 Å². The molecule has 0 bridgehead atoms. The van der Waals surface area contributed by atoms with Crippen molar-refractivity contribution < 1.29 is 19.3 Å². The third-order valence-corrected chi connectivity index (χ3v) is 4.58. The molecule has 1 aromatic rings. The van der Waals surface area contributed by atoms with Gasteiger partial charge in [-0.05, 0) is 43.4 Å². The summed E-state index contributed by atoms with van der Waals surface area (Å²) in [5, 5.41) is 10.7. The monoisotopic (exact) mass is 292 g/mol. The van der Waals surface area contributed by atoms with E-state index in [0.29, 0.717) is 19.8 Å². The quantitative estimate of drug-likeness (QED) is 0.927. The Labute approximate surface area is 126 Å². The van der Waals surface area contributed by atoms with E-state index in [9.17, 15) is 5.11 Å². The molecule has 0 amide bonds. The highest BCUT2D eigenvalue weighted by molar-refractivity contribution is 5.29. The second kappa shape index (κ2) is 6.34. The lowest BCUT2D eigenvalue weighted by Gasteiger charge is -2.39. The summed E-state index contributed by atoms with van der Waals surface area (Å²) in [5.74, 6) is 1.08. The molecule has 2 aliphatic rings. The summed E-state index contributed by atoms with van der Waals surface area (Å²) in [7, 11) is 0. The first kappa shape index (κ1) is 14.8. The van der Waals surface area contributed by atoms with Crippen molar-refractivity contribution in [3.05, 3.63) is 29.8 Å². The van der Waals surface area contributed by atoms with Gasteiger partial charge in [-0.25, -0.2) is 0 Å². The van der Waals surface area contributed by atoms with Crippen molar-refractivity contribution in [3.63, 3.8) is 0 Å². The maximum Gasteiger partial charge on any atom is 0.119 e. The van der Waals surface area contributed by atoms with E-state index in [-0.39, 0.29) is 11.5 Å². The van der Waals surface area contributed by atoms with E-state index in [4.69, 9.17) is 14.2 Å². The highest BCUT2D eigenvalue weighted by Crippen LogP contribution is 2.41. The highest BCUT2D eigenvalue weighted by Gasteiger charge is 2.42. The van der Waals surface area contributed by atoms with Crippen LogP contribution in [-0.4, -0.2) is 37.1 Å². The van der Waals surface area contributed by atoms with Crippen molar-refractivity contribution in [1.82, 2.24) is 0 Å². The lowest BCUT2D eigenvalue weighted by molar-refractivity contribution is -0.117. The van der Waals surface area contributed by atoms with Crippen molar-refractivity contribution in [2.45, 2.75) is 37.9 Å². The van der Waals surface area contributed by atoms with Gasteiger partial charge in [0.1, 0.15) is 5.75 Å². The van der Waals surface area contributed by atoms with E-state index < -0.39 is 6.10 Å². The molecular formula is C17H24O4. The molecule has 4 nitrogen and oxygen atoms in total. The van der Waals surface area contributed by atoms with Crippen LogP contribution in [-0.2, 0) is 9.47 Å². The predicted octanol–water partition coefficient (Wildman–Crippen LogP) is 2.70. The number of benzene rings is 1. The second-order valence-electron chi connectivity index (χ2n) is 6.03. The van der Waals surface area contributed by atoms with Crippen molar-refractivity contribution in [2.24, 2.45) is 5.92 Å². The fourth-order valence-corrected chi connectivity index (χ4v) is 3.40. The zero-order valence-corrected chi connectivity index (χ0v) is 12.6. The van der Waals surface area contributed by atoms with Gasteiger partial charge >= 0.3 is 0 Å². The molecule has 4 heteroatoms. The lowest BCUT2D eigenvalue weighted by atomic mass is 9.80. The summed E-state index contributed by atoms with van der Waals surface area (Å²) in [5.41, 5.74) is 0.800. The standard InChI is InChI=1S/C17H24O4/c1-2-20-15-5-3-13(4-6-15)16(18)14-7-9-21-17(11-14)8-10-19-12-17/h3-6,14,16,18H,2,7-12H2,1H3. The zero-order chi connectivity index (χ0) is 14.7. The number of rotatable bonds is 4. The molecule has 0 radical (unpaired) electrons. The molecule has 3 atom stereocenters. The Morgan fingerprint density at radius 1 is 1.33 bits per heavy atom. The SMILES string of the molecule is CCOc1ccc(C(O)C2CCOC3(CCOC3)C2)cc1. The molecular weight excluding hydrogens is 268 g/mol. The molecule has 2 aliphatic heterocycles. The van der Waals surface area contributed by atoms with Crippen LogP contribution in [0.2, 0.25) is 0 Å². The lowest BCUT2D eigenvalue weighted by Crippen LogP contribution is -2.41. The molecule has 0 aromatic heterocycles. The molecule has 1 N–H and O–H groups in total. The summed E-state index contributed by atoms with van der Waals surface area (Å²) in [6.45, 7) is 4.77. The smallest absolute Gasteiger partial charge is 0.119 e. The molecule has 3 unspecified atom stereocenters. The first-order valence-corrected chi connectivity index (χ1v) is 7.85. The van der Waals surface area contributed by atoms with Gasteiger partial charge < -0.3 is 19.3 Å². The first-order chi connectivity index (χ1) is 10.2. The summed E-state index contributed by atoms with van der Waals surface area (Å²) in [6, 6.07) is 7.78. The minimum absolute atomic E-state index is 0.158. The Kier molecular flexibility index (Phi) is 4.48. The first-order valence-electron chi connectivity index (χ1n) is 7.85. The topological polar surface area (TPSA) is 47.9 Å². The molecule has 1 spiro atoms. The third-order valence-electron chi connectivity index (χ3n) is 4.58. The zero-order valence-electron chi connectivity index (χ0n) is 12.6. The Morgan fingerprint density at radius 2 is 2.14 bits per heavy atom. The van der Waals surface area contributed by atoms with Gasteiger partial charge in [0.15, 0.2) is 0 Å². The largest absolute Gasteiger partial charge is 0.494 e. The van der Waals surface area contributed by atoms with Gasteiger partial charge in [-0.3, -0.25) is 0 Å². The molecule has 116 valence electrons. The summed E-state index contributed by atoms with van der Waals surface area (Å²) in [6.07, 6.45) is 2.28. The Bertz CT molecular complexity index is 450. The number of aliphatic hydroxyl groups is 1. The van der Waals surface area contributed by atoms with Crippen LogP contribution in [0.1, 0.15) is 37.9 Å². The van der Waals surface area contributed by atoms with Crippen LogP contribution in [0, 0.1) is 5.92 Å². The fourth-order valence-electron chi connectivity index (χ4n) is 3.40. The summed E-state index contributed by atoms with van der Waals surface area (Å²) in [4.78, 5) is 0. The van der Waals surface area contributed by atoms with E-state index in [1.807, 2.05) is 31.2 Å². The fraction of sp³-hybridized carbons (Fsp3) is 0.647. The van der Waals surface area contributed by atoms with Gasteiger partial charge in [0.2, 0.25) is 0 Å².